The molecule has 0 saturated heterocycles. The summed E-state index contributed by atoms with van der Waals surface area (Å²) in [6, 6.07) is 0. The molecule has 3 unspecified atom stereocenters. The van der Waals surface area contributed by atoms with Crippen LogP contribution in [-0.2, 0) is 5.11 Å². The third kappa shape index (κ3) is 2.48. The van der Waals surface area contributed by atoms with E-state index >= 15 is 0 Å². The quantitative estimate of drug-likeness (QED) is 0.555. The van der Waals surface area contributed by atoms with Crippen LogP contribution in [0.3, 0.4) is 0 Å². The molecule has 0 aromatic carbocycles. The van der Waals surface area contributed by atoms with Crippen LogP contribution in [0.15, 0.2) is 0 Å². The second kappa shape index (κ2) is 3.57. The van der Waals surface area contributed by atoms with Gasteiger partial charge < -0.3 is 0 Å². The van der Waals surface area contributed by atoms with Gasteiger partial charge in [0, 0.05) is 0 Å². The van der Waals surface area contributed by atoms with E-state index in [1.807, 2.05) is 0 Å². The standard InChI is InChI=1S/C10H19O/c1-7(2)9-4-8(3)5-10(11)6-9/h7-10H,4-6H2,1-3H3. The molecule has 0 heterocycles. The van der Waals surface area contributed by atoms with Crippen molar-refractivity contribution in [2.24, 2.45) is 17.8 Å². The van der Waals surface area contributed by atoms with Gasteiger partial charge in [-0.2, -0.15) is 0 Å². The van der Waals surface area contributed by atoms with Gasteiger partial charge in [0.25, 0.3) is 0 Å². The van der Waals surface area contributed by atoms with E-state index in [1.165, 1.54) is 6.42 Å². The van der Waals surface area contributed by atoms with Crippen molar-refractivity contribution in [3.63, 3.8) is 0 Å². The van der Waals surface area contributed by atoms with Gasteiger partial charge in [0.15, 0.2) is 0 Å². The molecule has 1 rings (SSSR count). The summed E-state index contributed by atoms with van der Waals surface area (Å²) in [4.78, 5) is 0. The highest BCUT2D eigenvalue weighted by atomic mass is 16.3. The largest absolute Gasteiger partial charge is 0.233 e. The fourth-order valence-corrected chi connectivity index (χ4v) is 2.14. The molecule has 0 aliphatic heterocycles. The summed E-state index contributed by atoms with van der Waals surface area (Å²) >= 11 is 0. The van der Waals surface area contributed by atoms with Crippen LogP contribution in [0.25, 0.3) is 0 Å². The molecule has 65 valence electrons. The zero-order valence-corrected chi connectivity index (χ0v) is 7.84. The van der Waals surface area contributed by atoms with E-state index in [1.54, 1.807) is 0 Å². The first-order valence-corrected chi connectivity index (χ1v) is 4.75. The lowest BCUT2D eigenvalue weighted by atomic mass is 9.76. The molecule has 0 N–H and O–H groups in total. The third-order valence-corrected chi connectivity index (χ3v) is 2.88. The normalized spacial score (nSPS) is 39.5. The van der Waals surface area contributed by atoms with Crippen LogP contribution in [0.4, 0.5) is 0 Å². The maximum atomic E-state index is 11.3. The van der Waals surface area contributed by atoms with Crippen LogP contribution in [0.5, 0.6) is 0 Å². The molecule has 0 amide bonds. The summed E-state index contributed by atoms with van der Waals surface area (Å²) in [7, 11) is 0. The summed E-state index contributed by atoms with van der Waals surface area (Å²) < 4.78 is 0. The lowest BCUT2D eigenvalue weighted by molar-refractivity contribution is 0.00768. The van der Waals surface area contributed by atoms with Crippen molar-refractivity contribution in [1.82, 2.24) is 0 Å². The summed E-state index contributed by atoms with van der Waals surface area (Å²) in [5.41, 5.74) is 0. The Morgan fingerprint density at radius 3 is 2.27 bits per heavy atom. The third-order valence-electron chi connectivity index (χ3n) is 2.88. The summed E-state index contributed by atoms with van der Waals surface area (Å²) in [5.74, 6) is 2.06. The van der Waals surface area contributed by atoms with Crippen molar-refractivity contribution in [3.8, 4) is 0 Å². The Bertz CT molecular complexity index is 110. The van der Waals surface area contributed by atoms with Gasteiger partial charge in [0.05, 0.1) is 6.10 Å². The van der Waals surface area contributed by atoms with E-state index in [9.17, 15) is 5.11 Å². The molecule has 11 heavy (non-hydrogen) atoms. The van der Waals surface area contributed by atoms with Crippen molar-refractivity contribution in [1.29, 1.82) is 0 Å². The second-order valence-electron chi connectivity index (χ2n) is 4.44. The van der Waals surface area contributed by atoms with Gasteiger partial charge in [-0.3, -0.25) is 0 Å². The average molecular weight is 155 g/mol. The molecule has 1 fully saturated rings. The predicted octanol–water partition coefficient (Wildman–Crippen LogP) is 2.88. The van der Waals surface area contributed by atoms with Crippen LogP contribution in [0.1, 0.15) is 40.0 Å². The topological polar surface area (TPSA) is 19.9 Å². The SMILES string of the molecule is CC1CC([O])CC(C(C)C)C1. The summed E-state index contributed by atoms with van der Waals surface area (Å²) in [5, 5.41) is 11.3. The van der Waals surface area contributed by atoms with Crippen LogP contribution in [0, 0.1) is 17.8 Å². The molecular weight excluding hydrogens is 136 g/mol. The van der Waals surface area contributed by atoms with Crippen molar-refractivity contribution in [3.05, 3.63) is 0 Å². The van der Waals surface area contributed by atoms with Crippen LogP contribution < -0.4 is 0 Å². The molecule has 1 saturated carbocycles. The molecule has 1 heteroatoms. The minimum atomic E-state index is -0.272. The van der Waals surface area contributed by atoms with Gasteiger partial charge >= 0.3 is 0 Å². The highest BCUT2D eigenvalue weighted by Gasteiger charge is 2.27. The smallest absolute Gasteiger partial charge is 0.0935 e. The first kappa shape index (κ1) is 9.05. The highest BCUT2D eigenvalue weighted by Crippen LogP contribution is 2.33. The Kier molecular flexibility index (Phi) is 2.94. The van der Waals surface area contributed by atoms with E-state index < -0.39 is 0 Å². The molecule has 1 radical (unpaired) electrons. The molecular formula is C10H19O. The van der Waals surface area contributed by atoms with Gasteiger partial charge in [0.1, 0.15) is 0 Å². The lowest BCUT2D eigenvalue weighted by Gasteiger charge is -2.31. The lowest BCUT2D eigenvalue weighted by Crippen LogP contribution is -2.26. The van der Waals surface area contributed by atoms with Crippen LogP contribution in [-0.4, -0.2) is 6.10 Å². The minimum absolute atomic E-state index is 0.272. The van der Waals surface area contributed by atoms with Crippen molar-refractivity contribution < 1.29 is 5.11 Å². The van der Waals surface area contributed by atoms with E-state index in [4.69, 9.17) is 0 Å². The van der Waals surface area contributed by atoms with Gasteiger partial charge in [0.2, 0.25) is 0 Å². The van der Waals surface area contributed by atoms with Crippen molar-refractivity contribution >= 4 is 0 Å². The Labute approximate surface area is 69.8 Å². The van der Waals surface area contributed by atoms with Crippen LogP contribution in [0.2, 0.25) is 0 Å². The molecule has 0 aromatic rings. The molecule has 3 atom stereocenters. The van der Waals surface area contributed by atoms with E-state index in [0.717, 1.165) is 12.8 Å². The molecule has 1 aliphatic carbocycles. The first-order chi connectivity index (χ1) is 5.09. The van der Waals surface area contributed by atoms with E-state index in [0.29, 0.717) is 17.8 Å². The fourth-order valence-electron chi connectivity index (χ4n) is 2.14. The highest BCUT2D eigenvalue weighted by molar-refractivity contribution is 4.77. The molecule has 1 aliphatic rings. The van der Waals surface area contributed by atoms with Gasteiger partial charge in [-0.1, -0.05) is 20.8 Å². The Balaban J connectivity index is 2.43. The first-order valence-electron chi connectivity index (χ1n) is 4.75. The molecule has 0 bridgehead atoms. The Morgan fingerprint density at radius 2 is 1.82 bits per heavy atom. The Hall–Kier alpha value is -0.0400. The zero-order valence-electron chi connectivity index (χ0n) is 7.84. The van der Waals surface area contributed by atoms with Gasteiger partial charge in [-0.25, -0.2) is 5.11 Å². The van der Waals surface area contributed by atoms with E-state index in [-0.39, 0.29) is 6.10 Å². The number of hydrogen-bond donors (Lipinski definition) is 0. The minimum Gasteiger partial charge on any atom is -0.233 e. The molecule has 0 spiro atoms. The predicted molar refractivity (Wildman–Crippen MR) is 45.8 cm³/mol. The number of rotatable bonds is 1. The summed E-state index contributed by atoms with van der Waals surface area (Å²) in [6.45, 7) is 6.67. The second-order valence-corrected chi connectivity index (χ2v) is 4.44. The molecule has 1 nitrogen and oxygen atoms in total. The zero-order chi connectivity index (χ0) is 8.43. The van der Waals surface area contributed by atoms with Crippen molar-refractivity contribution in [2.75, 3.05) is 0 Å². The van der Waals surface area contributed by atoms with Gasteiger partial charge in [-0.05, 0) is 37.0 Å². The van der Waals surface area contributed by atoms with Gasteiger partial charge in [-0.15, -0.1) is 0 Å². The molecule has 0 aromatic heterocycles. The van der Waals surface area contributed by atoms with E-state index in [2.05, 4.69) is 20.8 Å². The average Bonchev–Trinajstić information content (AvgIpc) is 1.85. The van der Waals surface area contributed by atoms with Crippen LogP contribution >= 0.6 is 0 Å². The number of hydrogen-bond acceptors (Lipinski definition) is 0. The summed E-state index contributed by atoms with van der Waals surface area (Å²) in [6.07, 6.45) is 2.83. The fraction of sp³-hybridized carbons (Fsp3) is 1.00. The Morgan fingerprint density at radius 1 is 1.18 bits per heavy atom. The maximum absolute atomic E-state index is 11.3. The maximum Gasteiger partial charge on any atom is 0.0935 e. The van der Waals surface area contributed by atoms with Crippen molar-refractivity contribution in [2.45, 2.75) is 46.1 Å². The monoisotopic (exact) mass is 155 g/mol.